The van der Waals surface area contributed by atoms with Crippen LogP contribution in [0.2, 0.25) is 0 Å². The van der Waals surface area contributed by atoms with Crippen molar-refractivity contribution in [2.45, 2.75) is 53.4 Å². The molecule has 1 rings (SSSR count). The number of hydrogen-bond acceptors (Lipinski definition) is 2. The van der Waals surface area contributed by atoms with Gasteiger partial charge in [-0.1, -0.05) is 27.7 Å². The van der Waals surface area contributed by atoms with E-state index in [1.54, 1.807) is 0 Å². The number of carboxylic acids is 2. The van der Waals surface area contributed by atoms with E-state index in [1.165, 1.54) is 0 Å². The summed E-state index contributed by atoms with van der Waals surface area (Å²) in [5.74, 6) is -2.22. The molecule has 0 aromatic carbocycles. The van der Waals surface area contributed by atoms with Crippen molar-refractivity contribution in [2.24, 2.45) is 29.1 Å². The minimum atomic E-state index is -1.12. The molecule has 0 bridgehead atoms. The highest BCUT2D eigenvalue weighted by Crippen LogP contribution is 2.51. The Labute approximate surface area is 115 Å². The number of rotatable bonds is 8. The predicted molar refractivity (Wildman–Crippen MR) is 72.8 cm³/mol. The Morgan fingerprint density at radius 2 is 1.47 bits per heavy atom. The molecule has 19 heavy (non-hydrogen) atoms. The molecule has 1 saturated carbocycles. The molecule has 2 N–H and O–H groups in total. The van der Waals surface area contributed by atoms with Crippen LogP contribution in [0.4, 0.5) is 0 Å². The smallest absolute Gasteiger partial charge is 0.310 e. The van der Waals surface area contributed by atoms with Gasteiger partial charge in [0.25, 0.3) is 0 Å². The van der Waals surface area contributed by atoms with Gasteiger partial charge in [0.2, 0.25) is 0 Å². The van der Waals surface area contributed by atoms with E-state index in [0.29, 0.717) is 12.8 Å². The first-order chi connectivity index (χ1) is 8.70. The van der Waals surface area contributed by atoms with Crippen molar-refractivity contribution in [1.29, 1.82) is 0 Å². The van der Waals surface area contributed by atoms with E-state index in [9.17, 15) is 19.8 Å². The van der Waals surface area contributed by atoms with Gasteiger partial charge in [0.1, 0.15) is 0 Å². The fourth-order valence-electron chi connectivity index (χ4n) is 3.42. The molecule has 1 aliphatic rings. The van der Waals surface area contributed by atoms with Crippen LogP contribution in [0.25, 0.3) is 0 Å². The molecule has 0 aliphatic heterocycles. The van der Waals surface area contributed by atoms with Gasteiger partial charge in [0.15, 0.2) is 0 Å². The topological polar surface area (TPSA) is 74.6 Å². The fourth-order valence-corrected chi connectivity index (χ4v) is 3.42. The lowest BCUT2D eigenvalue weighted by molar-refractivity contribution is -0.167. The largest absolute Gasteiger partial charge is 0.481 e. The van der Waals surface area contributed by atoms with Gasteiger partial charge in [-0.25, -0.2) is 0 Å². The van der Waals surface area contributed by atoms with Crippen molar-refractivity contribution in [3.05, 3.63) is 0 Å². The average Bonchev–Trinajstić information content (AvgIpc) is 2.98. The molecule has 1 unspecified atom stereocenters. The van der Waals surface area contributed by atoms with Crippen LogP contribution in [0, 0.1) is 29.1 Å². The van der Waals surface area contributed by atoms with Gasteiger partial charge in [-0.15, -0.1) is 0 Å². The number of carbonyl (C=O) groups is 2. The third-order valence-electron chi connectivity index (χ3n) is 3.93. The van der Waals surface area contributed by atoms with Crippen molar-refractivity contribution >= 4 is 11.9 Å². The molecule has 4 nitrogen and oxygen atoms in total. The van der Waals surface area contributed by atoms with Crippen LogP contribution < -0.4 is 0 Å². The molecule has 0 radical (unpaired) electrons. The van der Waals surface area contributed by atoms with Crippen LogP contribution in [0.15, 0.2) is 0 Å². The summed E-state index contributed by atoms with van der Waals surface area (Å²) >= 11 is 0. The first kappa shape index (κ1) is 16.0. The molecule has 0 aromatic heterocycles. The maximum atomic E-state index is 11.9. The van der Waals surface area contributed by atoms with Gasteiger partial charge in [0.05, 0.1) is 11.3 Å². The summed E-state index contributed by atoms with van der Waals surface area (Å²) in [5, 5.41) is 19.3. The Kier molecular flexibility index (Phi) is 4.99. The summed E-state index contributed by atoms with van der Waals surface area (Å²) < 4.78 is 0. The zero-order chi connectivity index (χ0) is 14.8. The van der Waals surface area contributed by atoms with Crippen molar-refractivity contribution in [3.8, 4) is 0 Å². The lowest BCUT2D eigenvalue weighted by atomic mass is 9.64. The summed E-state index contributed by atoms with van der Waals surface area (Å²) in [6.07, 6.45) is 2.58. The van der Waals surface area contributed by atoms with Crippen LogP contribution in [0.3, 0.4) is 0 Å². The van der Waals surface area contributed by atoms with Crippen LogP contribution in [0.5, 0.6) is 0 Å². The second-order valence-electron chi connectivity index (χ2n) is 6.81. The summed E-state index contributed by atoms with van der Waals surface area (Å²) in [7, 11) is 0. The van der Waals surface area contributed by atoms with Crippen LogP contribution in [-0.4, -0.2) is 22.2 Å². The van der Waals surface area contributed by atoms with Gasteiger partial charge in [-0.05, 0) is 43.4 Å². The molecule has 0 aromatic rings. The van der Waals surface area contributed by atoms with E-state index in [0.717, 1.165) is 12.8 Å². The van der Waals surface area contributed by atoms with Crippen molar-refractivity contribution in [3.63, 3.8) is 0 Å². The van der Waals surface area contributed by atoms with Crippen molar-refractivity contribution in [1.82, 2.24) is 0 Å². The molecular weight excluding hydrogens is 244 g/mol. The number of hydrogen-bond donors (Lipinski definition) is 2. The van der Waals surface area contributed by atoms with Gasteiger partial charge < -0.3 is 10.2 Å². The molecule has 1 aliphatic carbocycles. The minimum Gasteiger partial charge on any atom is -0.481 e. The average molecular weight is 270 g/mol. The van der Waals surface area contributed by atoms with E-state index in [4.69, 9.17) is 0 Å². The van der Waals surface area contributed by atoms with Gasteiger partial charge in [-0.3, -0.25) is 9.59 Å². The molecule has 110 valence electrons. The monoisotopic (exact) mass is 270 g/mol. The molecule has 1 atom stereocenters. The van der Waals surface area contributed by atoms with Gasteiger partial charge in [0, 0.05) is 0 Å². The lowest BCUT2D eigenvalue weighted by Gasteiger charge is -2.38. The maximum Gasteiger partial charge on any atom is 0.310 e. The van der Waals surface area contributed by atoms with Crippen LogP contribution in [0.1, 0.15) is 53.4 Å². The molecule has 1 fully saturated rings. The molecule has 0 amide bonds. The quantitative estimate of drug-likeness (QED) is 0.710. The molecule has 0 saturated heterocycles. The summed E-state index contributed by atoms with van der Waals surface area (Å²) in [4.78, 5) is 23.5. The summed E-state index contributed by atoms with van der Waals surface area (Å²) in [5.41, 5.74) is -1.12. The predicted octanol–water partition coefficient (Wildman–Crippen LogP) is 3.26. The van der Waals surface area contributed by atoms with Crippen LogP contribution in [-0.2, 0) is 9.59 Å². The first-order valence-corrected chi connectivity index (χ1v) is 7.17. The minimum absolute atomic E-state index is 0.0473. The third kappa shape index (κ3) is 3.71. The maximum absolute atomic E-state index is 11.9. The van der Waals surface area contributed by atoms with Gasteiger partial charge in [-0.2, -0.15) is 0 Å². The zero-order valence-corrected chi connectivity index (χ0v) is 12.3. The zero-order valence-electron chi connectivity index (χ0n) is 12.3. The molecule has 4 heteroatoms. The van der Waals surface area contributed by atoms with E-state index in [-0.39, 0.29) is 17.8 Å². The highest BCUT2D eigenvalue weighted by atomic mass is 16.4. The summed E-state index contributed by atoms with van der Waals surface area (Å²) in [6, 6.07) is 0. The lowest BCUT2D eigenvalue weighted by Crippen LogP contribution is -2.45. The Balaban J connectivity index is 3.18. The Morgan fingerprint density at radius 1 is 1.05 bits per heavy atom. The third-order valence-corrected chi connectivity index (χ3v) is 3.93. The highest BCUT2D eigenvalue weighted by molar-refractivity contribution is 5.84. The van der Waals surface area contributed by atoms with E-state index >= 15 is 0 Å². The van der Waals surface area contributed by atoms with E-state index in [2.05, 4.69) is 0 Å². The Hall–Kier alpha value is -1.06. The second-order valence-corrected chi connectivity index (χ2v) is 6.81. The van der Waals surface area contributed by atoms with Crippen molar-refractivity contribution in [2.75, 3.05) is 0 Å². The highest BCUT2D eigenvalue weighted by Gasteiger charge is 2.55. The standard InChI is InChI=1S/C15H26O4/c1-9(2)7-15(14(18)19,8-10(3)4)12(13(16)17)11-5-6-11/h9-12H,5-8H2,1-4H3,(H,16,17)(H,18,19). The van der Waals surface area contributed by atoms with E-state index in [1.807, 2.05) is 27.7 Å². The SMILES string of the molecule is CC(C)CC(CC(C)C)(C(=O)O)C(C(=O)O)C1CC1. The number of carboxylic acid groups (broad SMARTS) is 2. The number of aliphatic carboxylic acids is 2. The Bertz CT molecular complexity index is 332. The summed E-state index contributed by atoms with van der Waals surface area (Å²) in [6.45, 7) is 7.85. The van der Waals surface area contributed by atoms with E-state index < -0.39 is 23.3 Å². The second kappa shape index (κ2) is 5.93. The molecule has 0 spiro atoms. The fraction of sp³-hybridized carbons (Fsp3) is 0.867. The Morgan fingerprint density at radius 3 is 1.68 bits per heavy atom. The van der Waals surface area contributed by atoms with Gasteiger partial charge >= 0.3 is 11.9 Å². The molecular formula is C15H26O4. The first-order valence-electron chi connectivity index (χ1n) is 7.17. The normalized spacial score (nSPS) is 17.8. The van der Waals surface area contributed by atoms with Crippen molar-refractivity contribution < 1.29 is 19.8 Å². The molecule has 0 heterocycles. The van der Waals surface area contributed by atoms with Crippen LogP contribution >= 0.6 is 0 Å².